The molecule has 21 heavy (non-hydrogen) atoms. The SMILES string of the molecule is COc1cc(C(N)=NO)c(OCc2ccccc2)cc1I. The Morgan fingerprint density at radius 1 is 1.24 bits per heavy atom. The molecule has 0 aromatic heterocycles. The zero-order valence-corrected chi connectivity index (χ0v) is 13.6. The summed E-state index contributed by atoms with van der Waals surface area (Å²) in [5, 5.41) is 11.9. The van der Waals surface area contributed by atoms with E-state index < -0.39 is 0 Å². The number of benzene rings is 2. The van der Waals surface area contributed by atoms with Crippen LogP contribution in [0.25, 0.3) is 0 Å². The molecule has 2 aromatic carbocycles. The highest BCUT2D eigenvalue weighted by molar-refractivity contribution is 14.1. The zero-order valence-electron chi connectivity index (χ0n) is 11.4. The summed E-state index contributed by atoms with van der Waals surface area (Å²) in [4.78, 5) is 0. The molecule has 2 rings (SSSR count). The van der Waals surface area contributed by atoms with Gasteiger partial charge < -0.3 is 20.4 Å². The summed E-state index contributed by atoms with van der Waals surface area (Å²) in [6.45, 7) is 0.398. The van der Waals surface area contributed by atoms with Gasteiger partial charge >= 0.3 is 0 Å². The quantitative estimate of drug-likeness (QED) is 0.267. The zero-order chi connectivity index (χ0) is 15.2. The third-order valence-corrected chi connectivity index (χ3v) is 3.72. The van der Waals surface area contributed by atoms with Crippen LogP contribution < -0.4 is 15.2 Å². The number of hydrogen-bond acceptors (Lipinski definition) is 4. The van der Waals surface area contributed by atoms with E-state index in [2.05, 4.69) is 27.7 Å². The van der Waals surface area contributed by atoms with Crippen LogP contribution in [-0.2, 0) is 6.61 Å². The van der Waals surface area contributed by atoms with Gasteiger partial charge in [-0.15, -0.1) is 0 Å². The molecule has 3 N–H and O–H groups in total. The van der Waals surface area contributed by atoms with Crippen LogP contribution in [0, 0.1) is 3.57 Å². The van der Waals surface area contributed by atoms with Crippen molar-refractivity contribution in [3.8, 4) is 11.5 Å². The number of hydrogen-bond donors (Lipinski definition) is 2. The first kappa shape index (κ1) is 15.4. The lowest BCUT2D eigenvalue weighted by molar-refractivity contribution is 0.302. The first-order chi connectivity index (χ1) is 10.2. The number of oxime groups is 1. The maximum absolute atomic E-state index is 8.90. The monoisotopic (exact) mass is 398 g/mol. The van der Waals surface area contributed by atoms with Gasteiger partial charge in [0, 0.05) is 0 Å². The molecule has 0 heterocycles. The van der Waals surface area contributed by atoms with Gasteiger partial charge in [-0.2, -0.15) is 0 Å². The summed E-state index contributed by atoms with van der Waals surface area (Å²) in [7, 11) is 1.57. The van der Waals surface area contributed by atoms with Crippen LogP contribution in [-0.4, -0.2) is 18.2 Å². The maximum atomic E-state index is 8.90. The van der Waals surface area contributed by atoms with Crippen molar-refractivity contribution >= 4 is 28.4 Å². The van der Waals surface area contributed by atoms with Gasteiger partial charge in [0.25, 0.3) is 0 Å². The largest absolute Gasteiger partial charge is 0.496 e. The van der Waals surface area contributed by atoms with Gasteiger partial charge in [0.1, 0.15) is 18.1 Å². The van der Waals surface area contributed by atoms with Gasteiger partial charge in [0.15, 0.2) is 5.84 Å². The summed E-state index contributed by atoms with van der Waals surface area (Å²) in [5.74, 6) is 1.16. The van der Waals surface area contributed by atoms with Crippen molar-refractivity contribution in [2.24, 2.45) is 10.9 Å². The third kappa shape index (κ3) is 3.78. The van der Waals surface area contributed by atoms with Crippen LogP contribution >= 0.6 is 22.6 Å². The molecule has 5 nitrogen and oxygen atoms in total. The van der Waals surface area contributed by atoms with E-state index in [-0.39, 0.29) is 5.84 Å². The molecule has 0 amide bonds. The van der Waals surface area contributed by atoms with Gasteiger partial charge in [-0.3, -0.25) is 0 Å². The lowest BCUT2D eigenvalue weighted by Crippen LogP contribution is -2.15. The Kier molecular flexibility index (Phi) is 5.26. The summed E-state index contributed by atoms with van der Waals surface area (Å²) in [5.41, 5.74) is 7.23. The highest BCUT2D eigenvalue weighted by Crippen LogP contribution is 2.30. The minimum atomic E-state index is -0.0206. The van der Waals surface area contributed by atoms with Crippen LogP contribution in [0.15, 0.2) is 47.6 Å². The molecular formula is C15H15IN2O3. The molecule has 0 aliphatic rings. The molecule has 0 saturated heterocycles. The molecule has 0 aliphatic heterocycles. The molecule has 0 atom stereocenters. The van der Waals surface area contributed by atoms with E-state index in [9.17, 15) is 0 Å². The predicted molar refractivity (Wildman–Crippen MR) is 89.0 cm³/mol. The third-order valence-electron chi connectivity index (χ3n) is 2.87. The number of nitrogens with zero attached hydrogens (tertiary/aromatic N) is 1. The highest BCUT2D eigenvalue weighted by atomic mass is 127. The number of nitrogens with two attached hydrogens (primary N) is 1. The fourth-order valence-corrected chi connectivity index (χ4v) is 2.46. The Balaban J connectivity index is 2.31. The van der Waals surface area contributed by atoms with Crippen LogP contribution in [0.3, 0.4) is 0 Å². The molecule has 0 spiro atoms. The molecule has 0 aliphatic carbocycles. The fraction of sp³-hybridized carbons (Fsp3) is 0.133. The van der Waals surface area contributed by atoms with Gasteiger partial charge in [-0.25, -0.2) is 0 Å². The van der Waals surface area contributed by atoms with Crippen molar-refractivity contribution in [1.29, 1.82) is 0 Å². The van der Waals surface area contributed by atoms with Gasteiger partial charge in [0.2, 0.25) is 0 Å². The average molecular weight is 398 g/mol. The molecular weight excluding hydrogens is 383 g/mol. The smallest absolute Gasteiger partial charge is 0.173 e. The second kappa shape index (κ2) is 7.16. The minimum absolute atomic E-state index is 0.0206. The van der Waals surface area contributed by atoms with Crippen LogP contribution in [0.1, 0.15) is 11.1 Å². The first-order valence-electron chi connectivity index (χ1n) is 6.18. The topological polar surface area (TPSA) is 77.1 Å². The Bertz CT molecular complexity index is 645. The lowest BCUT2D eigenvalue weighted by Gasteiger charge is -2.13. The summed E-state index contributed by atoms with van der Waals surface area (Å²) in [6, 6.07) is 13.3. The fourth-order valence-electron chi connectivity index (χ4n) is 1.80. The molecule has 0 saturated carbocycles. The number of methoxy groups -OCH3 is 1. The van der Waals surface area contributed by atoms with Crippen molar-refractivity contribution in [2.75, 3.05) is 7.11 Å². The summed E-state index contributed by atoms with van der Waals surface area (Å²) < 4.78 is 11.9. The van der Waals surface area contributed by atoms with E-state index in [1.54, 1.807) is 19.2 Å². The Hall–Kier alpha value is -1.96. The van der Waals surface area contributed by atoms with E-state index in [0.29, 0.717) is 23.7 Å². The number of halogens is 1. The first-order valence-corrected chi connectivity index (χ1v) is 7.25. The predicted octanol–water partition coefficient (Wildman–Crippen LogP) is 2.97. The molecule has 0 unspecified atom stereocenters. The van der Waals surface area contributed by atoms with E-state index >= 15 is 0 Å². The van der Waals surface area contributed by atoms with Crippen molar-refractivity contribution in [1.82, 2.24) is 0 Å². The Labute approximate surface area is 136 Å². The van der Waals surface area contributed by atoms with Crippen molar-refractivity contribution < 1.29 is 14.7 Å². The van der Waals surface area contributed by atoms with Crippen LogP contribution in [0.5, 0.6) is 11.5 Å². The van der Waals surface area contributed by atoms with Crippen molar-refractivity contribution in [3.63, 3.8) is 0 Å². The Morgan fingerprint density at radius 2 is 1.95 bits per heavy atom. The minimum Gasteiger partial charge on any atom is -0.496 e. The van der Waals surface area contributed by atoms with Gasteiger partial charge in [-0.05, 0) is 40.3 Å². The molecule has 2 aromatic rings. The van der Waals surface area contributed by atoms with Crippen LogP contribution in [0.4, 0.5) is 0 Å². The summed E-state index contributed by atoms with van der Waals surface area (Å²) in [6.07, 6.45) is 0. The molecule has 0 radical (unpaired) electrons. The molecule has 0 bridgehead atoms. The second-order valence-corrected chi connectivity index (χ2v) is 5.40. The Morgan fingerprint density at radius 3 is 2.57 bits per heavy atom. The number of rotatable bonds is 5. The van der Waals surface area contributed by atoms with E-state index in [0.717, 1.165) is 9.13 Å². The van der Waals surface area contributed by atoms with Crippen molar-refractivity contribution in [2.45, 2.75) is 6.61 Å². The molecule has 110 valence electrons. The van der Waals surface area contributed by atoms with E-state index in [4.69, 9.17) is 20.4 Å². The standard InChI is InChI=1S/C15H15IN2O3/c1-20-14-7-11(15(17)18-19)13(8-12(14)16)21-9-10-5-3-2-4-6-10/h2-8,19H,9H2,1H3,(H2,17,18). The van der Waals surface area contributed by atoms with Crippen LogP contribution in [0.2, 0.25) is 0 Å². The number of ether oxygens (including phenoxy) is 2. The highest BCUT2D eigenvalue weighted by Gasteiger charge is 2.14. The molecule has 6 heteroatoms. The van der Waals surface area contributed by atoms with Crippen molar-refractivity contribution in [3.05, 3.63) is 57.2 Å². The average Bonchev–Trinajstić information content (AvgIpc) is 2.53. The van der Waals surface area contributed by atoms with E-state index in [1.165, 1.54) is 0 Å². The van der Waals surface area contributed by atoms with E-state index in [1.807, 2.05) is 30.3 Å². The van der Waals surface area contributed by atoms with Gasteiger partial charge in [-0.1, -0.05) is 35.5 Å². The second-order valence-electron chi connectivity index (χ2n) is 4.24. The lowest BCUT2D eigenvalue weighted by atomic mass is 10.1. The maximum Gasteiger partial charge on any atom is 0.173 e. The summed E-state index contributed by atoms with van der Waals surface area (Å²) >= 11 is 2.14. The number of amidine groups is 1. The molecule has 0 fully saturated rings. The van der Waals surface area contributed by atoms with Gasteiger partial charge in [0.05, 0.1) is 16.2 Å². The normalized spacial score (nSPS) is 11.2.